The molecule has 5 heteroatoms. The summed E-state index contributed by atoms with van der Waals surface area (Å²) in [5, 5.41) is 4.70. The second-order valence-corrected chi connectivity index (χ2v) is 3.37. The Morgan fingerprint density at radius 2 is 2.12 bits per heavy atom. The Balaban J connectivity index is 2.18. The third kappa shape index (κ3) is 1.30. The summed E-state index contributed by atoms with van der Waals surface area (Å²) in [6.45, 7) is 0.263. The van der Waals surface area contributed by atoms with Crippen LogP contribution in [0.4, 0.5) is 0 Å². The molecule has 0 atom stereocenters. The second-order valence-electron chi connectivity index (χ2n) is 3.37. The van der Waals surface area contributed by atoms with Crippen LogP contribution in [0.25, 0.3) is 22.4 Å². The minimum atomic E-state index is 0.263. The Kier molecular flexibility index (Phi) is 1.97. The summed E-state index contributed by atoms with van der Waals surface area (Å²) < 4.78 is 10.5. The monoisotopic (exact) mass is 215 g/mol. The van der Waals surface area contributed by atoms with Crippen LogP contribution >= 0.6 is 0 Å². The van der Waals surface area contributed by atoms with E-state index in [1.54, 1.807) is 6.26 Å². The molecule has 0 radical (unpaired) electrons. The summed E-state index contributed by atoms with van der Waals surface area (Å²) in [6.07, 6.45) is 1.61. The molecular weight excluding hydrogens is 206 g/mol. The van der Waals surface area contributed by atoms with Crippen molar-refractivity contribution in [2.75, 3.05) is 0 Å². The van der Waals surface area contributed by atoms with Crippen molar-refractivity contribution in [2.24, 2.45) is 5.73 Å². The van der Waals surface area contributed by atoms with Gasteiger partial charge in [-0.1, -0.05) is 23.4 Å². The van der Waals surface area contributed by atoms with Crippen LogP contribution in [0.15, 0.2) is 39.5 Å². The molecule has 3 aromatic rings. The number of nitrogens with zero attached hydrogens (tertiary/aromatic N) is 2. The number of benzene rings is 1. The zero-order chi connectivity index (χ0) is 11.0. The first-order valence-corrected chi connectivity index (χ1v) is 4.88. The van der Waals surface area contributed by atoms with E-state index in [0.717, 1.165) is 16.5 Å². The summed E-state index contributed by atoms with van der Waals surface area (Å²) in [5.41, 5.74) is 7.01. The molecule has 3 rings (SSSR count). The normalized spacial score (nSPS) is 11.1. The van der Waals surface area contributed by atoms with Crippen molar-refractivity contribution in [1.29, 1.82) is 0 Å². The first-order chi connectivity index (χ1) is 7.88. The minimum absolute atomic E-state index is 0.263. The van der Waals surface area contributed by atoms with E-state index in [1.165, 1.54) is 0 Å². The maximum atomic E-state index is 5.42. The zero-order valence-corrected chi connectivity index (χ0v) is 8.38. The molecule has 0 amide bonds. The Hall–Kier alpha value is -2.14. The smallest absolute Gasteiger partial charge is 0.261 e. The number of hydrogen-bond acceptors (Lipinski definition) is 5. The van der Waals surface area contributed by atoms with Crippen molar-refractivity contribution >= 4 is 11.0 Å². The van der Waals surface area contributed by atoms with Crippen LogP contribution in [-0.2, 0) is 6.54 Å². The first-order valence-electron chi connectivity index (χ1n) is 4.88. The van der Waals surface area contributed by atoms with Crippen molar-refractivity contribution < 1.29 is 8.94 Å². The lowest BCUT2D eigenvalue weighted by atomic mass is 10.2. The predicted octanol–water partition coefficient (Wildman–Crippen LogP) is 1.94. The SMILES string of the molecule is NCc1noc(-c2coc3ccccc23)n1. The van der Waals surface area contributed by atoms with E-state index in [0.29, 0.717) is 11.7 Å². The molecule has 0 aliphatic carbocycles. The summed E-state index contributed by atoms with van der Waals surface area (Å²) in [4.78, 5) is 4.16. The van der Waals surface area contributed by atoms with Gasteiger partial charge in [-0.25, -0.2) is 0 Å². The number of fused-ring (bicyclic) bond motifs is 1. The maximum Gasteiger partial charge on any atom is 0.261 e. The molecule has 2 aromatic heterocycles. The molecule has 0 fully saturated rings. The van der Waals surface area contributed by atoms with Crippen LogP contribution in [0, 0.1) is 0 Å². The predicted molar refractivity (Wildman–Crippen MR) is 57.4 cm³/mol. The molecule has 0 saturated heterocycles. The number of para-hydroxylation sites is 1. The quantitative estimate of drug-likeness (QED) is 0.706. The van der Waals surface area contributed by atoms with Crippen molar-refractivity contribution in [2.45, 2.75) is 6.54 Å². The van der Waals surface area contributed by atoms with Gasteiger partial charge < -0.3 is 14.7 Å². The standard InChI is InChI=1S/C11H9N3O2/c12-5-10-13-11(16-14-10)8-6-15-9-4-2-1-3-7(8)9/h1-4,6H,5,12H2. The van der Waals surface area contributed by atoms with Crippen LogP contribution in [0.2, 0.25) is 0 Å². The molecule has 0 unspecified atom stereocenters. The van der Waals surface area contributed by atoms with Crippen LogP contribution in [0.1, 0.15) is 5.82 Å². The maximum absolute atomic E-state index is 5.42. The molecule has 0 aliphatic rings. The Labute approximate surface area is 90.9 Å². The zero-order valence-electron chi connectivity index (χ0n) is 8.38. The molecule has 0 spiro atoms. The van der Waals surface area contributed by atoms with E-state index in [1.807, 2.05) is 24.3 Å². The largest absolute Gasteiger partial charge is 0.463 e. The summed E-state index contributed by atoms with van der Waals surface area (Å²) >= 11 is 0. The highest BCUT2D eigenvalue weighted by Crippen LogP contribution is 2.28. The average Bonchev–Trinajstić information content (AvgIpc) is 2.94. The van der Waals surface area contributed by atoms with Gasteiger partial charge in [-0.05, 0) is 6.07 Å². The molecule has 2 N–H and O–H groups in total. The van der Waals surface area contributed by atoms with Gasteiger partial charge in [0.1, 0.15) is 11.8 Å². The highest BCUT2D eigenvalue weighted by atomic mass is 16.5. The number of furan rings is 1. The van der Waals surface area contributed by atoms with Crippen LogP contribution in [0.3, 0.4) is 0 Å². The van der Waals surface area contributed by atoms with Gasteiger partial charge in [0, 0.05) is 5.39 Å². The molecule has 5 nitrogen and oxygen atoms in total. The van der Waals surface area contributed by atoms with Gasteiger partial charge in [0.05, 0.1) is 12.1 Å². The van der Waals surface area contributed by atoms with Crippen molar-refractivity contribution in [3.63, 3.8) is 0 Å². The van der Waals surface area contributed by atoms with E-state index in [4.69, 9.17) is 14.7 Å². The third-order valence-electron chi connectivity index (χ3n) is 2.36. The van der Waals surface area contributed by atoms with Crippen LogP contribution in [-0.4, -0.2) is 10.1 Å². The van der Waals surface area contributed by atoms with E-state index in [-0.39, 0.29) is 6.54 Å². The van der Waals surface area contributed by atoms with Crippen molar-refractivity contribution in [3.05, 3.63) is 36.4 Å². The van der Waals surface area contributed by atoms with Crippen LogP contribution < -0.4 is 5.73 Å². The molecule has 80 valence electrons. The fourth-order valence-corrected chi connectivity index (χ4v) is 1.59. The molecular formula is C11H9N3O2. The van der Waals surface area contributed by atoms with Crippen molar-refractivity contribution in [1.82, 2.24) is 10.1 Å². The number of hydrogen-bond donors (Lipinski definition) is 1. The molecule has 1 aromatic carbocycles. The molecule has 0 bridgehead atoms. The molecule has 0 aliphatic heterocycles. The van der Waals surface area contributed by atoms with Gasteiger partial charge in [0.25, 0.3) is 5.89 Å². The molecule has 0 saturated carbocycles. The van der Waals surface area contributed by atoms with E-state index >= 15 is 0 Å². The lowest BCUT2D eigenvalue weighted by molar-refractivity contribution is 0.422. The third-order valence-corrected chi connectivity index (χ3v) is 2.36. The number of aromatic nitrogens is 2. The van der Waals surface area contributed by atoms with Gasteiger partial charge >= 0.3 is 0 Å². The number of rotatable bonds is 2. The Morgan fingerprint density at radius 1 is 1.25 bits per heavy atom. The summed E-state index contributed by atoms with van der Waals surface area (Å²) in [7, 11) is 0. The van der Waals surface area contributed by atoms with Gasteiger partial charge in [-0.3, -0.25) is 0 Å². The molecule has 2 heterocycles. The van der Waals surface area contributed by atoms with E-state index < -0.39 is 0 Å². The highest BCUT2D eigenvalue weighted by molar-refractivity contribution is 5.91. The molecule has 16 heavy (non-hydrogen) atoms. The summed E-state index contributed by atoms with van der Waals surface area (Å²) in [6, 6.07) is 7.68. The highest BCUT2D eigenvalue weighted by Gasteiger charge is 2.13. The van der Waals surface area contributed by atoms with Gasteiger partial charge in [0.15, 0.2) is 5.82 Å². The Morgan fingerprint density at radius 3 is 2.94 bits per heavy atom. The second kappa shape index (κ2) is 3.46. The van der Waals surface area contributed by atoms with Gasteiger partial charge in [-0.2, -0.15) is 4.98 Å². The van der Waals surface area contributed by atoms with Crippen molar-refractivity contribution in [3.8, 4) is 11.5 Å². The first kappa shape index (κ1) is 9.11. The van der Waals surface area contributed by atoms with E-state index in [2.05, 4.69) is 10.1 Å². The number of nitrogens with two attached hydrogens (primary N) is 1. The summed E-state index contributed by atoms with van der Waals surface area (Å²) in [5.74, 6) is 0.922. The fourth-order valence-electron chi connectivity index (χ4n) is 1.59. The fraction of sp³-hybridized carbons (Fsp3) is 0.0909. The topological polar surface area (TPSA) is 78.1 Å². The lowest BCUT2D eigenvalue weighted by Gasteiger charge is -1.88. The van der Waals surface area contributed by atoms with Gasteiger partial charge in [-0.15, -0.1) is 0 Å². The van der Waals surface area contributed by atoms with Crippen LogP contribution in [0.5, 0.6) is 0 Å². The lowest BCUT2D eigenvalue weighted by Crippen LogP contribution is -1.97. The average molecular weight is 215 g/mol. The van der Waals surface area contributed by atoms with E-state index in [9.17, 15) is 0 Å². The minimum Gasteiger partial charge on any atom is -0.463 e. The Bertz CT molecular complexity index is 627. The van der Waals surface area contributed by atoms with Gasteiger partial charge in [0.2, 0.25) is 0 Å².